The summed E-state index contributed by atoms with van der Waals surface area (Å²) in [6.07, 6.45) is -4.29. The molecule has 3 rings (SSSR count). The van der Waals surface area contributed by atoms with E-state index in [1.165, 1.54) is 18.2 Å². The summed E-state index contributed by atoms with van der Waals surface area (Å²) in [6, 6.07) is 11.6. The highest BCUT2D eigenvalue weighted by Gasteiger charge is 2.34. The summed E-state index contributed by atoms with van der Waals surface area (Å²) in [4.78, 5) is 15.1. The summed E-state index contributed by atoms with van der Waals surface area (Å²) in [5.74, 6) is -0.472. The van der Waals surface area contributed by atoms with Crippen molar-refractivity contribution < 1.29 is 23.1 Å². The molecule has 0 saturated heterocycles. The standard InChI is InChI=1S/C18H15F3N2O2/c19-18(20,21)14-4-2-1-3-13(14)16(24)10-23-17(25)12-6-5-11-7-8-22-15(11)9-12/h1-9,16,22,24H,10H2,(H,23,25). The van der Waals surface area contributed by atoms with Gasteiger partial charge in [0.25, 0.3) is 5.91 Å². The molecule has 0 bridgehead atoms. The first kappa shape index (κ1) is 17.0. The Balaban J connectivity index is 1.72. The maximum Gasteiger partial charge on any atom is 0.416 e. The number of fused-ring (bicyclic) bond motifs is 1. The normalized spacial score (nSPS) is 13.0. The van der Waals surface area contributed by atoms with E-state index in [0.29, 0.717) is 5.56 Å². The molecule has 1 atom stereocenters. The van der Waals surface area contributed by atoms with Crippen molar-refractivity contribution in [2.45, 2.75) is 12.3 Å². The third kappa shape index (κ3) is 3.66. The average Bonchev–Trinajstić information content (AvgIpc) is 3.06. The highest BCUT2D eigenvalue weighted by atomic mass is 19.4. The van der Waals surface area contributed by atoms with Crippen LogP contribution in [0.4, 0.5) is 13.2 Å². The minimum Gasteiger partial charge on any atom is -0.387 e. The zero-order chi connectivity index (χ0) is 18.0. The number of halogens is 3. The summed E-state index contributed by atoms with van der Waals surface area (Å²) in [7, 11) is 0. The molecule has 0 aliphatic rings. The molecule has 1 unspecified atom stereocenters. The number of rotatable bonds is 4. The molecule has 4 nitrogen and oxygen atoms in total. The molecule has 0 aliphatic carbocycles. The maximum atomic E-state index is 13.0. The molecule has 0 spiro atoms. The third-order valence-corrected chi connectivity index (χ3v) is 3.90. The highest BCUT2D eigenvalue weighted by molar-refractivity contribution is 5.97. The minimum absolute atomic E-state index is 0.268. The van der Waals surface area contributed by atoms with Crippen LogP contribution in [0.1, 0.15) is 27.6 Å². The molecular formula is C18H15F3N2O2. The predicted octanol–water partition coefficient (Wildman–Crippen LogP) is 3.65. The molecule has 0 fully saturated rings. The molecule has 1 heterocycles. The van der Waals surface area contributed by atoms with Gasteiger partial charge in [-0.1, -0.05) is 24.3 Å². The van der Waals surface area contributed by atoms with Gasteiger partial charge in [-0.05, 0) is 35.2 Å². The van der Waals surface area contributed by atoms with Crippen LogP contribution >= 0.6 is 0 Å². The van der Waals surface area contributed by atoms with Gasteiger partial charge >= 0.3 is 6.18 Å². The fourth-order valence-electron chi connectivity index (χ4n) is 2.64. The van der Waals surface area contributed by atoms with Crippen molar-refractivity contribution in [3.8, 4) is 0 Å². The van der Waals surface area contributed by atoms with E-state index in [1.807, 2.05) is 6.07 Å². The predicted molar refractivity (Wildman–Crippen MR) is 87.0 cm³/mol. The Kier molecular flexibility index (Phi) is 4.50. The van der Waals surface area contributed by atoms with Crippen molar-refractivity contribution >= 4 is 16.8 Å². The Morgan fingerprint density at radius 2 is 1.92 bits per heavy atom. The number of nitrogens with one attached hydrogen (secondary N) is 2. The Bertz CT molecular complexity index is 902. The van der Waals surface area contributed by atoms with Crippen LogP contribution in [-0.2, 0) is 6.18 Å². The number of hydrogen-bond donors (Lipinski definition) is 3. The van der Waals surface area contributed by atoms with Gasteiger partial charge in [-0.3, -0.25) is 4.79 Å². The summed E-state index contributed by atoms with van der Waals surface area (Å²) in [6.45, 7) is -0.325. The molecule has 7 heteroatoms. The molecule has 1 aromatic heterocycles. The van der Waals surface area contributed by atoms with E-state index in [1.54, 1.807) is 24.4 Å². The first-order valence-electron chi connectivity index (χ1n) is 7.56. The highest BCUT2D eigenvalue weighted by Crippen LogP contribution is 2.34. The lowest BCUT2D eigenvalue weighted by Crippen LogP contribution is -2.29. The van der Waals surface area contributed by atoms with Crippen molar-refractivity contribution in [3.05, 3.63) is 71.4 Å². The second-order valence-corrected chi connectivity index (χ2v) is 5.59. The van der Waals surface area contributed by atoms with Crippen molar-refractivity contribution in [2.75, 3.05) is 6.54 Å². The van der Waals surface area contributed by atoms with Crippen molar-refractivity contribution in [2.24, 2.45) is 0 Å². The Hall–Kier alpha value is -2.80. The van der Waals surface area contributed by atoms with E-state index in [-0.39, 0.29) is 12.1 Å². The number of H-pyrrole nitrogens is 1. The SMILES string of the molecule is O=C(NCC(O)c1ccccc1C(F)(F)F)c1ccc2cc[nH]c2c1. The lowest BCUT2D eigenvalue weighted by atomic mass is 10.0. The van der Waals surface area contributed by atoms with E-state index >= 15 is 0 Å². The van der Waals surface area contributed by atoms with E-state index in [2.05, 4.69) is 10.3 Å². The van der Waals surface area contributed by atoms with Gasteiger partial charge in [-0.15, -0.1) is 0 Å². The number of aliphatic hydroxyl groups is 1. The summed E-state index contributed by atoms with van der Waals surface area (Å²) in [5.41, 5.74) is -0.0541. The Labute approximate surface area is 141 Å². The molecule has 0 radical (unpaired) electrons. The van der Waals surface area contributed by atoms with Gasteiger partial charge in [0.1, 0.15) is 0 Å². The van der Waals surface area contributed by atoms with Crippen LogP contribution < -0.4 is 5.32 Å². The van der Waals surface area contributed by atoms with Crippen LogP contribution in [0.3, 0.4) is 0 Å². The number of aromatic amines is 1. The van der Waals surface area contributed by atoms with Crippen LogP contribution in [0, 0.1) is 0 Å². The average molecular weight is 348 g/mol. The van der Waals surface area contributed by atoms with Gasteiger partial charge < -0.3 is 15.4 Å². The molecule has 1 amide bonds. The van der Waals surface area contributed by atoms with E-state index in [9.17, 15) is 23.1 Å². The van der Waals surface area contributed by atoms with Gasteiger partial charge in [0, 0.05) is 23.8 Å². The van der Waals surface area contributed by atoms with Crippen LogP contribution in [0.2, 0.25) is 0 Å². The topological polar surface area (TPSA) is 65.1 Å². The van der Waals surface area contributed by atoms with Crippen LogP contribution in [0.15, 0.2) is 54.7 Å². The number of alkyl halides is 3. The number of benzene rings is 2. The molecule has 0 aliphatic heterocycles. The lowest BCUT2D eigenvalue weighted by molar-refractivity contribution is -0.139. The van der Waals surface area contributed by atoms with E-state index < -0.39 is 23.8 Å². The number of aromatic nitrogens is 1. The van der Waals surface area contributed by atoms with Gasteiger partial charge in [-0.2, -0.15) is 13.2 Å². The molecule has 130 valence electrons. The number of carbonyl (C=O) groups excluding carboxylic acids is 1. The third-order valence-electron chi connectivity index (χ3n) is 3.90. The molecule has 25 heavy (non-hydrogen) atoms. The quantitative estimate of drug-likeness (QED) is 0.674. The van der Waals surface area contributed by atoms with Gasteiger partial charge in [0.2, 0.25) is 0 Å². The smallest absolute Gasteiger partial charge is 0.387 e. The Morgan fingerprint density at radius 1 is 1.16 bits per heavy atom. The minimum atomic E-state index is -4.57. The molecule has 2 aromatic carbocycles. The van der Waals surface area contributed by atoms with Crippen LogP contribution in [0.25, 0.3) is 10.9 Å². The molecule has 3 N–H and O–H groups in total. The summed E-state index contributed by atoms with van der Waals surface area (Å²) >= 11 is 0. The zero-order valence-corrected chi connectivity index (χ0v) is 13.0. The first-order valence-corrected chi connectivity index (χ1v) is 7.56. The second-order valence-electron chi connectivity index (χ2n) is 5.59. The van der Waals surface area contributed by atoms with Gasteiger partial charge in [-0.25, -0.2) is 0 Å². The number of aliphatic hydroxyl groups excluding tert-OH is 1. The number of carbonyl (C=O) groups is 1. The van der Waals surface area contributed by atoms with Crippen molar-refractivity contribution in [1.29, 1.82) is 0 Å². The zero-order valence-electron chi connectivity index (χ0n) is 13.0. The Morgan fingerprint density at radius 3 is 2.68 bits per heavy atom. The summed E-state index contributed by atoms with van der Waals surface area (Å²) < 4.78 is 39.0. The number of amides is 1. The van der Waals surface area contributed by atoms with E-state index in [0.717, 1.165) is 17.0 Å². The van der Waals surface area contributed by atoms with Gasteiger partial charge in [0.05, 0.1) is 11.7 Å². The summed E-state index contributed by atoms with van der Waals surface area (Å²) in [5, 5.41) is 13.5. The van der Waals surface area contributed by atoms with Crippen LogP contribution in [-0.4, -0.2) is 22.5 Å². The maximum absolute atomic E-state index is 13.0. The largest absolute Gasteiger partial charge is 0.416 e. The second kappa shape index (κ2) is 6.60. The van der Waals surface area contributed by atoms with E-state index in [4.69, 9.17) is 0 Å². The van der Waals surface area contributed by atoms with Crippen molar-refractivity contribution in [1.82, 2.24) is 10.3 Å². The monoisotopic (exact) mass is 348 g/mol. The fourth-order valence-corrected chi connectivity index (χ4v) is 2.64. The fraction of sp³-hybridized carbons (Fsp3) is 0.167. The first-order chi connectivity index (χ1) is 11.9. The lowest BCUT2D eigenvalue weighted by Gasteiger charge is -2.18. The van der Waals surface area contributed by atoms with Crippen LogP contribution in [0.5, 0.6) is 0 Å². The van der Waals surface area contributed by atoms with Crippen molar-refractivity contribution in [3.63, 3.8) is 0 Å². The molecular weight excluding hydrogens is 333 g/mol. The molecule has 0 saturated carbocycles. The van der Waals surface area contributed by atoms with Gasteiger partial charge in [0.15, 0.2) is 0 Å². The molecule has 3 aromatic rings. The number of hydrogen-bond acceptors (Lipinski definition) is 2.